The van der Waals surface area contributed by atoms with Crippen LogP contribution in [0.5, 0.6) is 5.75 Å². The molecule has 0 atom stereocenters. The molecule has 0 radical (unpaired) electrons. The molecule has 0 aliphatic rings. The van der Waals surface area contributed by atoms with Gasteiger partial charge in [-0.1, -0.05) is 69.9 Å². The molecule has 1 aromatic heterocycles. The third kappa shape index (κ3) is 6.99. The highest BCUT2D eigenvalue weighted by molar-refractivity contribution is 6.31. The Labute approximate surface area is 194 Å². The summed E-state index contributed by atoms with van der Waals surface area (Å²) in [4.78, 5) is 37.4. The smallest absolute Gasteiger partial charge is 0.279 e. The highest BCUT2D eigenvalue weighted by Crippen LogP contribution is 2.28. The maximum atomic E-state index is 12.8. The van der Waals surface area contributed by atoms with Gasteiger partial charge >= 0.3 is 0 Å². The molecule has 1 heterocycles. The monoisotopic (exact) mass is 463 g/mol. The van der Waals surface area contributed by atoms with E-state index in [0.717, 1.165) is 19.3 Å². The summed E-state index contributed by atoms with van der Waals surface area (Å²) in [6.45, 7) is 4.25. The van der Waals surface area contributed by atoms with Crippen LogP contribution < -0.4 is 16.4 Å². The molecule has 2 aromatic rings. The first-order valence-electron chi connectivity index (χ1n) is 11.5. The Kier molecular flexibility index (Phi) is 10.5. The summed E-state index contributed by atoms with van der Waals surface area (Å²) in [6.07, 6.45) is 10.6. The van der Waals surface area contributed by atoms with Gasteiger partial charge in [0.2, 0.25) is 5.91 Å². The number of nitrogens with zero attached hydrogens (tertiary/aromatic N) is 1. The van der Waals surface area contributed by atoms with Gasteiger partial charge in [0.05, 0.1) is 5.52 Å². The Morgan fingerprint density at radius 2 is 1.59 bits per heavy atom. The summed E-state index contributed by atoms with van der Waals surface area (Å²) >= 11 is 6.01. The summed E-state index contributed by atoms with van der Waals surface area (Å²) in [7, 11) is 0. The lowest BCUT2D eigenvalue weighted by molar-refractivity contribution is -0.122. The number of benzene rings is 1. The number of aryl methyl sites for hydroxylation is 1. The standard InChI is InChI=1S/C24H34ClN3O4/c1-3-5-6-7-8-9-10-11-12-13-20(29)26-27-23(31)21-22(30)18-15-14-17(25)16-19(18)28(4-2)24(21)32/h14-16,30H,3-13H2,1-2H3,(H,26,29)(H,27,31). The molecule has 32 heavy (non-hydrogen) atoms. The number of hydrogen-bond acceptors (Lipinski definition) is 4. The fourth-order valence-electron chi connectivity index (χ4n) is 3.77. The van der Waals surface area contributed by atoms with Crippen molar-refractivity contribution in [2.24, 2.45) is 0 Å². The van der Waals surface area contributed by atoms with Crippen molar-refractivity contribution in [3.63, 3.8) is 0 Å². The predicted molar refractivity (Wildman–Crippen MR) is 128 cm³/mol. The molecular weight excluding hydrogens is 430 g/mol. The minimum absolute atomic E-state index is 0.289. The maximum absolute atomic E-state index is 12.8. The molecule has 0 spiro atoms. The molecule has 176 valence electrons. The molecule has 0 bridgehead atoms. The number of aromatic hydroxyl groups is 1. The first-order valence-corrected chi connectivity index (χ1v) is 11.9. The second-order valence-corrected chi connectivity index (χ2v) is 8.45. The highest BCUT2D eigenvalue weighted by Gasteiger charge is 2.22. The Morgan fingerprint density at radius 1 is 0.969 bits per heavy atom. The first kappa shape index (κ1) is 25.7. The zero-order chi connectivity index (χ0) is 23.5. The third-order valence-electron chi connectivity index (χ3n) is 5.57. The summed E-state index contributed by atoms with van der Waals surface area (Å²) in [5.41, 5.74) is 3.97. The number of hydrazine groups is 1. The number of nitrogens with one attached hydrogen (secondary N) is 2. The Bertz CT molecular complexity index is 987. The number of halogens is 1. The second-order valence-electron chi connectivity index (χ2n) is 8.02. The van der Waals surface area contributed by atoms with Gasteiger partial charge in [-0.05, 0) is 31.5 Å². The lowest BCUT2D eigenvalue weighted by atomic mass is 10.1. The van der Waals surface area contributed by atoms with Crippen LogP contribution in [0.1, 0.15) is 88.4 Å². The number of rotatable bonds is 12. The van der Waals surface area contributed by atoms with Gasteiger partial charge in [0.1, 0.15) is 11.3 Å². The average Bonchev–Trinajstić information content (AvgIpc) is 2.76. The fourth-order valence-corrected chi connectivity index (χ4v) is 3.94. The van der Waals surface area contributed by atoms with Gasteiger partial charge in [-0.15, -0.1) is 0 Å². The second kappa shape index (κ2) is 13.1. The van der Waals surface area contributed by atoms with Crippen LogP contribution in [0, 0.1) is 0 Å². The lowest BCUT2D eigenvalue weighted by Gasteiger charge is -2.14. The van der Waals surface area contributed by atoms with Crippen molar-refractivity contribution in [2.75, 3.05) is 0 Å². The first-order chi connectivity index (χ1) is 15.4. The maximum Gasteiger partial charge on any atom is 0.279 e. The van der Waals surface area contributed by atoms with E-state index in [0.29, 0.717) is 22.5 Å². The van der Waals surface area contributed by atoms with Crippen molar-refractivity contribution < 1.29 is 14.7 Å². The molecule has 0 fully saturated rings. The van der Waals surface area contributed by atoms with Crippen LogP contribution in [0.3, 0.4) is 0 Å². The van der Waals surface area contributed by atoms with Crippen molar-refractivity contribution in [1.29, 1.82) is 0 Å². The number of carbonyl (C=O) groups excluding carboxylic acids is 2. The third-order valence-corrected chi connectivity index (χ3v) is 5.80. The van der Waals surface area contributed by atoms with Crippen molar-refractivity contribution >= 4 is 34.3 Å². The molecule has 8 heteroatoms. The Balaban J connectivity index is 1.87. The van der Waals surface area contributed by atoms with Gasteiger partial charge in [0.15, 0.2) is 0 Å². The van der Waals surface area contributed by atoms with E-state index in [-0.39, 0.29) is 12.3 Å². The van der Waals surface area contributed by atoms with Crippen molar-refractivity contribution in [3.8, 4) is 5.75 Å². The van der Waals surface area contributed by atoms with Gasteiger partial charge in [-0.2, -0.15) is 0 Å². The van der Waals surface area contributed by atoms with Crippen LogP contribution >= 0.6 is 11.6 Å². The van der Waals surface area contributed by atoms with Crippen LogP contribution in [0.25, 0.3) is 10.9 Å². The van der Waals surface area contributed by atoms with Crippen molar-refractivity contribution in [2.45, 2.75) is 84.6 Å². The number of fused-ring (bicyclic) bond motifs is 1. The van der Waals surface area contributed by atoms with Gasteiger partial charge in [-0.3, -0.25) is 25.2 Å². The predicted octanol–water partition coefficient (Wildman–Crippen LogP) is 5.06. The minimum atomic E-state index is -0.855. The molecule has 0 saturated carbocycles. The molecule has 2 amide bonds. The van der Waals surface area contributed by atoms with Crippen LogP contribution in [-0.2, 0) is 11.3 Å². The van der Waals surface area contributed by atoms with Crippen molar-refractivity contribution in [1.82, 2.24) is 15.4 Å². The van der Waals surface area contributed by atoms with E-state index in [4.69, 9.17) is 11.6 Å². The van der Waals surface area contributed by atoms with Crippen LogP contribution in [0.15, 0.2) is 23.0 Å². The SMILES string of the molecule is CCCCCCCCCCCC(=O)NNC(=O)c1c(O)c2ccc(Cl)cc2n(CC)c1=O. The lowest BCUT2D eigenvalue weighted by Crippen LogP contribution is -2.44. The largest absolute Gasteiger partial charge is 0.506 e. The molecule has 0 aliphatic heterocycles. The van der Waals surface area contributed by atoms with E-state index in [1.807, 2.05) is 0 Å². The zero-order valence-corrected chi connectivity index (χ0v) is 19.8. The topological polar surface area (TPSA) is 100 Å². The number of aromatic nitrogens is 1. The fraction of sp³-hybridized carbons (Fsp3) is 0.542. The molecule has 7 nitrogen and oxygen atoms in total. The molecule has 0 saturated heterocycles. The summed E-state index contributed by atoms with van der Waals surface area (Å²) in [5, 5.41) is 11.3. The van der Waals surface area contributed by atoms with Crippen molar-refractivity contribution in [3.05, 3.63) is 39.1 Å². The van der Waals surface area contributed by atoms with Crippen LogP contribution in [0.4, 0.5) is 0 Å². The number of carbonyl (C=O) groups is 2. The van der Waals surface area contributed by atoms with E-state index in [1.165, 1.54) is 43.1 Å². The number of amides is 2. The van der Waals surface area contributed by atoms with E-state index >= 15 is 0 Å². The molecule has 2 rings (SSSR count). The van der Waals surface area contributed by atoms with Crippen LogP contribution in [-0.4, -0.2) is 21.5 Å². The average molecular weight is 464 g/mol. The van der Waals surface area contributed by atoms with Gasteiger partial charge in [0.25, 0.3) is 11.5 Å². The van der Waals surface area contributed by atoms with Gasteiger partial charge < -0.3 is 9.67 Å². The highest BCUT2D eigenvalue weighted by atomic mass is 35.5. The summed E-state index contributed by atoms with van der Waals surface area (Å²) in [5.74, 6) is -1.62. The normalized spacial score (nSPS) is 11.0. The summed E-state index contributed by atoms with van der Waals surface area (Å²) in [6, 6.07) is 4.69. The number of pyridine rings is 1. The summed E-state index contributed by atoms with van der Waals surface area (Å²) < 4.78 is 1.36. The molecule has 0 unspecified atom stereocenters. The molecule has 3 N–H and O–H groups in total. The van der Waals surface area contributed by atoms with E-state index in [2.05, 4.69) is 17.8 Å². The molecule has 1 aromatic carbocycles. The molecular formula is C24H34ClN3O4. The Hall–Kier alpha value is -2.54. The van der Waals surface area contributed by atoms with Gasteiger partial charge in [-0.25, -0.2) is 0 Å². The van der Waals surface area contributed by atoms with Gasteiger partial charge in [0, 0.05) is 23.4 Å². The quantitative estimate of drug-likeness (QED) is 0.302. The van der Waals surface area contributed by atoms with E-state index in [9.17, 15) is 19.5 Å². The number of unbranched alkanes of at least 4 members (excludes halogenated alkanes) is 8. The minimum Gasteiger partial charge on any atom is -0.506 e. The zero-order valence-electron chi connectivity index (χ0n) is 19.0. The van der Waals surface area contributed by atoms with E-state index in [1.54, 1.807) is 25.1 Å². The van der Waals surface area contributed by atoms with E-state index < -0.39 is 22.8 Å². The number of hydrogen-bond donors (Lipinski definition) is 3. The van der Waals surface area contributed by atoms with Crippen LogP contribution in [0.2, 0.25) is 5.02 Å². The molecule has 0 aliphatic carbocycles. The Morgan fingerprint density at radius 3 is 2.22 bits per heavy atom.